The molecule has 15 heavy (non-hydrogen) atoms. The van der Waals surface area contributed by atoms with Gasteiger partial charge in [0.2, 0.25) is 5.28 Å². The summed E-state index contributed by atoms with van der Waals surface area (Å²) in [7, 11) is 0. The molecule has 3 nitrogen and oxygen atoms in total. The molecule has 0 N–H and O–H groups in total. The third kappa shape index (κ3) is 1.57. The Bertz CT molecular complexity index is 385. The van der Waals surface area contributed by atoms with Crippen LogP contribution in [0.1, 0.15) is 57.3 Å². The molecule has 0 aromatic carbocycles. The van der Waals surface area contributed by atoms with Crippen molar-refractivity contribution in [3.63, 3.8) is 0 Å². The maximum atomic E-state index is 6.11. The Kier molecular flexibility index (Phi) is 1.91. The summed E-state index contributed by atoms with van der Waals surface area (Å²) in [4.78, 5) is 0. The van der Waals surface area contributed by atoms with Gasteiger partial charge >= 0.3 is 0 Å². The molecule has 1 aromatic heterocycles. The molecule has 2 aliphatic rings. The van der Waals surface area contributed by atoms with E-state index in [0.29, 0.717) is 22.7 Å². The van der Waals surface area contributed by atoms with E-state index in [-0.39, 0.29) is 0 Å². The first-order valence-electron chi connectivity index (χ1n) is 5.67. The smallest absolute Gasteiger partial charge is 0.225 e. The van der Waals surface area contributed by atoms with Crippen LogP contribution in [0, 0.1) is 5.41 Å². The van der Waals surface area contributed by atoms with Crippen molar-refractivity contribution in [2.75, 3.05) is 0 Å². The first-order chi connectivity index (χ1) is 7.07. The zero-order valence-corrected chi connectivity index (χ0v) is 9.96. The fraction of sp³-hybridized carbons (Fsp3) is 0.818. The van der Waals surface area contributed by atoms with Crippen molar-refractivity contribution in [3.8, 4) is 0 Å². The van der Waals surface area contributed by atoms with E-state index in [9.17, 15) is 0 Å². The second-order valence-electron chi connectivity index (χ2n) is 5.70. The summed E-state index contributed by atoms with van der Waals surface area (Å²) in [6, 6.07) is 0.540. The average Bonchev–Trinajstić information content (AvgIpc) is 2.87. The standard InChI is InChI=1S/C11H16ClN3/c1-11(2)5-8(6-11)15-9(7-3-4-7)13-14-10(15)12/h7-8H,3-6H2,1-2H3. The van der Waals surface area contributed by atoms with Gasteiger partial charge in [-0.1, -0.05) is 13.8 Å². The van der Waals surface area contributed by atoms with Crippen LogP contribution < -0.4 is 0 Å². The van der Waals surface area contributed by atoms with Crippen LogP contribution in [0.15, 0.2) is 0 Å². The molecular weight excluding hydrogens is 210 g/mol. The summed E-state index contributed by atoms with van der Waals surface area (Å²) in [5.41, 5.74) is 0.471. The summed E-state index contributed by atoms with van der Waals surface area (Å²) in [6.45, 7) is 4.61. The molecule has 2 aliphatic carbocycles. The second kappa shape index (κ2) is 2.97. The fourth-order valence-corrected chi connectivity index (χ4v) is 2.90. The van der Waals surface area contributed by atoms with E-state index in [0.717, 1.165) is 5.82 Å². The predicted molar refractivity (Wildman–Crippen MR) is 59.1 cm³/mol. The molecule has 0 spiro atoms. The van der Waals surface area contributed by atoms with Gasteiger partial charge in [0.1, 0.15) is 5.82 Å². The first kappa shape index (κ1) is 9.64. The van der Waals surface area contributed by atoms with Crippen LogP contribution in [0.25, 0.3) is 0 Å². The first-order valence-corrected chi connectivity index (χ1v) is 6.05. The molecule has 1 aromatic rings. The number of nitrogens with zero attached hydrogens (tertiary/aromatic N) is 3. The molecule has 2 saturated carbocycles. The van der Waals surface area contributed by atoms with Gasteiger partial charge < -0.3 is 0 Å². The molecule has 0 saturated heterocycles. The van der Waals surface area contributed by atoms with Crippen LogP contribution in [0.5, 0.6) is 0 Å². The van der Waals surface area contributed by atoms with Crippen LogP contribution in [0.2, 0.25) is 5.28 Å². The molecule has 1 heterocycles. The van der Waals surface area contributed by atoms with Crippen molar-refractivity contribution in [3.05, 3.63) is 11.1 Å². The van der Waals surface area contributed by atoms with Gasteiger partial charge in [0, 0.05) is 12.0 Å². The zero-order valence-electron chi connectivity index (χ0n) is 9.20. The van der Waals surface area contributed by atoms with Gasteiger partial charge in [0.25, 0.3) is 0 Å². The minimum atomic E-state index is 0.471. The van der Waals surface area contributed by atoms with Gasteiger partial charge in [0.15, 0.2) is 0 Å². The Balaban J connectivity index is 1.87. The van der Waals surface area contributed by atoms with E-state index in [4.69, 9.17) is 11.6 Å². The molecule has 0 unspecified atom stereocenters. The lowest BCUT2D eigenvalue weighted by atomic mass is 9.68. The number of aromatic nitrogens is 3. The van der Waals surface area contributed by atoms with E-state index in [1.54, 1.807) is 0 Å². The van der Waals surface area contributed by atoms with Gasteiger partial charge in [-0.2, -0.15) is 0 Å². The topological polar surface area (TPSA) is 30.7 Å². The van der Waals surface area contributed by atoms with Crippen molar-refractivity contribution in [2.24, 2.45) is 5.41 Å². The van der Waals surface area contributed by atoms with Gasteiger partial charge in [-0.05, 0) is 42.7 Å². The normalized spacial score (nSPS) is 25.3. The molecule has 0 radical (unpaired) electrons. The van der Waals surface area contributed by atoms with Crippen LogP contribution in [0.3, 0.4) is 0 Å². The van der Waals surface area contributed by atoms with Crippen LogP contribution in [0.4, 0.5) is 0 Å². The van der Waals surface area contributed by atoms with Crippen LogP contribution in [-0.2, 0) is 0 Å². The van der Waals surface area contributed by atoms with Crippen LogP contribution >= 0.6 is 11.6 Å². The summed E-state index contributed by atoms with van der Waals surface area (Å²) in [5.74, 6) is 1.76. The minimum absolute atomic E-state index is 0.471. The van der Waals surface area contributed by atoms with Gasteiger partial charge in [-0.15, -0.1) is 10.2 Å². The van der Waals surface area contributed by atoms with Gasteiger partial charge in [-0.3, -0.25) is 4.57 Å². The molecule has 82 valence electrons. The van der Waals surface area contributed by atoms with E-state index in [2.05, 4.69) is 28.6 Å². The molecule has 2 fully saturated rings. The number of hydrogen-bond acceptors (Lipinski definition) is 2. The summed E-state index contributed by atoms with van der Waals surface area (Å²) in [6.07, 6.45) is 4.91. The summed E-state index contributed by atoms with van der Waals surface area (Å²) < 4.78 is 2.17. The highest BCUT2D eigenvalue weighted by Gasteiger charge is 2.41. The molecule has 0 amide bonds. The monoisotopic (exact) mass is 225 g/mol. The highest BCUT2D eigenvalue weighted by molar-refractivity contribution is 6.28. The fourth-order valence-electron chi connectivity index (χ4n) is 2.64. The molecular formula is C11H16ClN3. The van der Waals surface area contributed by atoms with Gasteiger partial charge in [-0.25, -0.2) is 0 Å². The van der Waals surface area contributed by atoms with Crippen molar-refractivity contribution in [2.45, 2.75) is 51.5 Å². The van der Waals surface area contributed by atoms with Gasteiger partial charge in [0.05, 0.1) is 0 Å². The number of halogens is 1. The molecule has 0 bridgehead atoms. The van der Waals surface area contributed by atoms with Crippen molar-refractivity contribution < 1.29 is 0 Å². The van der Waals surface area contributed by atoms with E-state index in [1.807, 2.05) is 0 Å². The van der Waals surface area contributed by atoms with Crippen molar-refractivity contribution >= 4 is 11.6 Å². The highest BCUT2D eigenvalue weighted by atomic mass is 35.5. The van der Waals surface area contributed by atoms with E-state index >= 15 is 0 Å². The third-order valence-corrected chi connectivity index (χ3v) is 3.82. The Morgan fingerprint density at radius 2 is 1.93 bits per heavy atom. The second-order valence-corrected chi connectivity index (χ2v) is 6.04. The summed E-state index contributed by atoms with van der Waals surface area (Å²) in [5, 5.41) is 8.80. The Morgan fingerprint density at radius 3 is 2.47 bits per heavy atom. The minimum Gasteiger partial charge on any atom is -0.298 e. The lowest BCUT2D eigenvalue weighted by molar-refractivity contribution is 0.102. The SMILES string of the molecule is CC1(C)CC(n2c(Cl)nnc2C2CC2)C1. The lowest BCUT2D eigenvalue weighted by Crippen LogP contribution is -2.34. The zero-order chi connectivity index (χ0) is 10.6. The average molecular weight is 226 g/mol. The molecule has 4 heteroatoms. The van der Waals surface area contributed by atoms with E-state index in [1.165, 1.54) is 25.7 Å². The Hall–Kier alpha value is -0.570. The predicted octanol–water partition coefficient (Wildman–Crippen LogP) is 3.17. The Morgan fingerprint density at radius 1 is 1.27 bits per heavy atom. The largest absolute Gasteiger partial charge is 0.298 e. The van der Waals surface area contributed by atoms with E-state index < -0.39 is 0 Å². The number of rotatable bonds is 2. The number of hydrogen-bond donors (Lipinski definition) is 0. The maximum Gasteiger partial charge on any atom is 0.225 e. The molecule has 3 rings (SSSR count). The van der Waals surface area contributed by atoms with Crippen LogP contribution in [-0.4, -0.2) is 14.8 Å². The molecule has 0 aliphatic heterocycles. The molecule has 0 atom stereocenters. The van der Waals surface area contributed by atoms with Crippen molar-refractivity contribution in [1.29, 1.82) is 0 Å². The Labute approximate surface area is 94.8 Å². The quantitative estimate of drug-likeness (QED) is 0.774. The highest BCUT2D eigenvalue weighted by Crippen LogP contribution is 2.51. The maximum absolute atomic E-state index is 6.11. The van der Waals surface area contributed by atoms with Crippen molar-refractivity contribution in [1.82, 2.24) is 14.8 Å². The lowest BCUT2D eigenvalue weighted by Gasteiger charge is -2.43. The third-order valence-electron chi connectivity index (χ3n) is 3.56. The summed E-state index contributed by atoms with van der Waals surface area (Å²) >= 11 is 6.11.